The van der Waals surface area contributed by atoms with E-state index in [1.807, 2.05) is 48.5 Å². The van der Waals surface area contributed by atoms with Gasteiger partial charge in [-0.2, -0.15) is 10.5 Å². The molecule has 1 aliphatic rings. The van der Waals surface area contributed by atoms with E-state index < -0.39 is 5.91 Å². The van der Waals surface area contributed by atoms with Crippen molar-refractivity contribution in [3.05, 3.63) is 81.7 Å². The van der Waals surface area contributed by atoms with Crippen LogP contribution in [0.2, 0.25) is 0 Å². The van der Waals surface area contributed by atoms with Crippen LogP contribution in [-0.4, -0.2) is 5.91 Å². The van der Waals surface area contributed by atoms with Crippen molar-refractivity contribution in [3.8, 4) is 12.1 Å². The average molecular weight is 434 g/mol. The Balaban J connectivity index is 1.59. The van der Waals surface area contributed by atoms with E-state index in [9.17, 15) is 15.3 Å². The first-order chi connectivity index (χ1) is 15.7. The average Bonchev–Trinajstić information content (AvgIpc) is 3.18. The van der Waals surface area contributed by atoms with Crippen molar-refractivity contribution in [1.29, 1.82) is 10.5 Å². The highest BCUT2D eigenvalue weighted by Crippen LogP contribution is 2.38. The van der Waals surface area contributed by atoms with Gasteiger partial charge in [-0.1, -0.05) is 48.5 Å². The van der Waals surface area contributed by atoms with Gasteiger partial charge in [-0.15, -0.1) is 11.3 Å². The lowest BCUT2D eigenvalue weighted by Crippen LogP contribution is -2.13. The quantitative estimate of drug-likeness (QED) is 0.232. The van der Waals surface area contributed by atoms with Crippen LogP contribution in [0.4, 0.5) is 5.00 Å². The fourth-order valence-electron chi connectivity index (χ4n) is 4.44. The zero-order chi connectivity index (χ0) is 22.1. The van der Waals surface area contributed by atoms with Crippen LogP contribution in [-0.2, 0) is 17.6 Å². The number of nitrogens with one attached hydrogen (secondary N) is 1. The second kappa shape index (κ2) is 8.30. The molecule has 5 rings (SSSR count). The first-order valence-electron chi connectivity index (χ1n) is 10.6. The molecule has 4 aromatic rings. The van der Waals surface area contributed by atoms with Gasteiger partial charge in [-0.05, 0) is 70.5 Å². The number of nitrogens with zero attached hydrogens (tertiary/aromatic N) is 2. The van der Waals surface area contributed by atoms with E-state index in [1.54, 1.807) is 6.08 Å². The van der Waals surface area contributed by atoms with Crippen LogP contribution in [0, 0.1) is 22.7 Å². The van der Waals surface area contributed by atoms with Gasteiger partial charge in [0.05, 0.1) is 5.56 Å². The van der Waals surface area contributed by atoms with Crippen LogP contribution in [0.25, 0.3) is 27.6 Å². The number of nitriles is 2. The molecular weight excluding hydrogens is 414 g/mol. The molecule has 1 amide bonds. The maximum Gasteiger partial charge on any atom is 0.266 e. The summed E-state index contributed by atoms with van der Waals surface area (Å²) in [5.74, 6) is -0.486. The second-order valence-electron chi connectivity index (χ2n) is 7.88. The van der Waals surface area contributed by atoms with Crippen LogP contribution in [0.5, 0.6) is 0 Å². The molecule has 3 aromatic carbocycles. The number of hydrogen-bond donors (Lipinski definition) is 1. The van der Waals surface area contributed by atoms with E-state index in [4.69, 9.17) is 0 Å². The molecule has 0 unspecified atom stereocenters. The monoisotopic (exact) mass is 433 g/mol. The number of anilines is 1. The number of carbonyl (C=O) groups excluding carboxylic acids is 1. The van der Waals surface area contributed by atoms with E-state index in [-0.39, 0.29) is 5.57 Å². The Labute approximate surface area is 190 Å². The first kappa shape index (κ1) is 20.0. The van der Waals surface area contributed by atoms with Gasteiger partial charge >= 0.3 is 0 Å². The summed E-state index contributed by atoms with van der Waals surface area (Å²) >= 11 is 1.46. The molecule has 32 heavy (non-hydrogen) atoms. The van der Waals surface area contributed by atoms with Gasteiger partial charge in [0.25, 0.3) is 5.91 Å². The van der Waals surface area contributed by atoms with Crippen LogP contribution in [0.1, 0.15) is 34.4 Å². The third kappa shape index (κ3) is 3.43. The summed E-state index contributed by atoms with van der Waals surface area (Å²) < 4.78 is 0. The molecule has 1 aliphatic carbocycles. The Kier molecular flexibility index (Phi) is 5.19. The molecule has 0 saturated heterocycles. The van der Waals surface area contributed by atoms with Crippen molar-refractivity contribution in [1.82, 2.24) is 0 Å². The van der Waals surface area contributed by atoms with Crippen LogP contribution >= 0.6 is 11.3 Å². The minimum Gasteiger partial charge on any atom is -0.312 e. The molecule has 5 heteroatoms. The Hall–Kier alpha value is -3.93. The molecule has 0 bridgehead atoms. The Bertz CT molecular complexity index is 1440. The molecule has 0 saturated carbocycles. The molecule has 0 fully saturated rings. The number of hydrogen-bond acceptors (Lipinski definition) is 4. The minimum atomic E-state index is -0.486. The third-order valence-electron chi connectivity index (χ3n) is 5.98. The smallest absolute Gasteiger partial charge is 0.266 e. The number of thiophene rings is 1. The van der Waals surface area contributed by atoms with Crippen LogP contribution in [0.15, 0.2) is 60.2 Å². The van der Waals surface area contributed by atoms with Crippen molar-refractivity contribution in [2.75, 3.05) is 5.32 Å². The van der Waals surface area contributed by atoms with Crippen LogP contribution in [0.3, 0.4) is 0 Å². The van der Waals surface area contributed by atoms with E-state index >= 15 is 0 Å². The van der Waals surface area contributed by atoms with Crippen molar-refractivity contribution in [2.24, 2.45) is 0 Å². The number of rotatable bonds is 3. The van der Waals surface area contributed by atoms with Crippen molar-refractivity contribution in [2.45, 2.75) is 25.7 Å². The normalized spacial score (nSPS) is 13.4. The predicted molar refractivity (Wildman–Crippen MR) is 129 cm³/mol. The standard InChI is InChI=1S/C27H19N3OS/c28-15-19(26(31)30-27-24(16-29)22-11-5-6-12-25(22)32-27)14-23-20-9-3-1-7-17(20)13-18-8-2-4-10-21(18)23/h1-4,7-10,13-14H,5-6,11-12H2,(H,30,31). The van der Waals surface area contributed by atoms with Gasteiger partial charge in [0.1, 0.15) is 22.7 Å². The molecule has 0 radical (unpaired) electrons. The molecule has 154 valence electrons. The van der Waals surface area contributed by atoms with Crippen LogP contribution < -0.4 is 5.32 Å². The zero-order valence-corrected chi connectivity index (χ0v) is 18.1. The maximum atomic E-state index is 13.1. The predicted octanol–water partition coefficient (Wildman–Crippen LogP) is 6.35. The molecule has 0 spiro atoms. The fourth-order valence-corrected chi connectivity index (χ4v) is 5.67. The van der Waals surface area contributed by atoms with Gasteiger partial charge in [-0.3, -0.25) is 4.79 Å². The van der Waals surface area contributed by atoms with Crippen molar-refractivity contribution >= 4 is 49.9 Å². The lowest BCUT2D eigenvalue weighted by atomic mass is 9.95. The van der Waals surface area contributed by atoms with Gasteiger partial charge in [0.2, 0.25) is 0 Å². The van der Waals surface area contributed by atoms with Gasteiger partial charge in [-0.25, -0.2) is 0 Å². The first-order valence-corrected chi connectivity index (χ1v) is 11.4. The topological polar surface area (TPSA) is 76.7 Å². The summed E-state index contributed by atoms with van der Waals surface area (Å²) in [5.41, 5.74) is 2.46. The largest absolute Gasteiger partial charge is 0.312 e. The summed E-state index contributed by atoms with van der Waals surface area (Å²) in [5, 5.41) is 27.0. The Morgan fingerprint density at radius 3 is 2.28 bits per heavy atom. The molecule has 4 nitrogen and oxygen atoms in total. The fraction of sp³-hybridized carbons (Fsp3) is 0.148. The highest BCUT2D eigenvalue weighted by molar-refractivity contribution is 7.16. The number of benzene rings is 3. The van der Waals surface area contributed by atoms with Gasteiger partial charge in [0, 0.05) is 4.88 Å². The highest BCUT2D eigenvalue weighted by atomic mass is 32.1. The maximum absolute atomic E-state index is 13.1. The summed E-state index contributed by atoms with van der Waals surface area (Å²) in [6.07, 6.45) is 5.63. The Morgan fingerprint density at radius 1 is 0.969 bits per heavy atom. The summed E-state index contributed by atoms with van der Waals surface area (Å²) in [6, 6.07) is 22.4. The second-order valence-corrected chi connectivity index (χ2v) is 8.99. The van der Waals surface area contributed by atoms with E-state index in [2.05, 4.69) is 23.5 Å². The van der Waals surface area contributed by atoms with Crippen molar-refractivity contribution < 1.29 is 4.79 Å². The highest BCUT2D eigenvalue weighted by Gasteiger charge is 2.23. The molecule has 1 N–H and O–H groups in total. The summed E-state index contributed by atoms with van der Waals surface area (Å²) in [7, 11) is 0. The van der Waals surface area contributed by atoms with E-state index in [0.29, 0.717) is 10.6 Å². The SMILES string of the molecule is N#CC(=Cc1c2ccccc2cc2ccccc12)C(=O)Nc1sc2c(c1C#N)CCCC2. The van der Waals surface area contributed by atoms with E-state index in [1.165, 1.54) is 16.2 Å². The molecular formula is C27H19N3OS. The van der Waals surface area contributed by atoms with Gasteiger partial charge < -0.3 is 5.32 Å². The third-order valence-corrected chi connectivity index (χ3v) is 7.18. The number of carbonyl (C=O) groups is 1. The van der Waals surface area contributed by atoms with Crippen molar-refractivity contribution in [3.63, 3.8) is 0 Å². The molecule has 1 aromatic heterocycles. The Morgan fingerprint density at radius 2 is 1.62 bits per heavy atom. The lowest BCUT2D eigenvalue weighted by Gasteiger charge is -2.10. The molecule has 1 heterocycles. The lowest BCUT2D eigenvalue weighted by molar-refractivity contribution is -0.112. The summed E-state index contributed by atoms with van der Waals surface area (Å²) in [4.78, 5) is 14.3. The summed E-state index contributed by atoms with van der Waals surface area (Å²) in [6.45, 7) is 0. The molecule has 0 atom stereocenters. The number of fused-ring (bicyclic) bond motifs is 3. The molecule has 0 aliphatic heterocycles. The number of aryl methyl sites for hydroxylation is 1. The number of amides is 1. The zero-order valence-electron chi connectivity index (χ0n) is 17.3. The minimum absolute atomic E-state index is 0.0155. The van der Waals surface area contributed by atoms with Gasteiger partial charge in [0.15, 0.2) is 0 Å². The van der Waals surface area contributed by atoms with E-state index in [0.717, 1.165) is 58.4 Å².